The van der Waals surface area contributed by atoms with Gasteiger partial charge in [-0.05, 0) is 0 Å². The summed E-state index contributed by atoms with van der Waals surface area (Å²) in [7, 11) is 0. The molecular weight excluding hydrogens is 140 g/mol. The van der Waals surface area contributed by atoms with Gasteiger partial charge in [0.15, 0.2) is 6.23 Å². The average Bonchev–Trinajstić information content (AvgIpc) is 1.87. The summed E-state index contributed by atoms with van der Waals surface area (Å²) in [5.41, 5.74) is 9.91. The van der Waals surface area contributed by atoms with Crippen LogP contribution < -0.4 is 11.5 Å². The molecule has 0 aromatic heterocycles. The lowest BCUT2D eigenvalue weighted by molar-refractivity contribution is -0.166. The summed E-state index contributed by atoms with van der Waals surface area (Å²) in [5, 5.41) is 7.96. The van der Waals surface area contributed by atoms with E-state index in [1.165, 1.54) is 0 Å². The van der Waals surface area contributed by atoms with E-state index in [1.807, 2.05) is 0 Å². The minimum absolute atomic E-state index is 0.0982. The Morgan fingerprint density at radius 3 is 2.40 bits per heavy atom. The van der Waals surface area contributed by atoms with Gasteiger partial charge in [-0.15, -0.1) is 0 Å². The van der Waals surface area contributed by atoms with Gasteiger partial charge in [0.1, 0.15) is 0 Å². The molecule has 5 N–H and O–H groups in total. The maximum absolute atomic E-state index is 10.2. The number of aliphatic carboxylic acids is 1. The third kappa shape index (κ3) is 3.00. The van der Waals surface area contributed by atoms with Crippen LogP contribution in [0.1, 0.15) is 0 Å². The van der Waals surface area contributed by atoms with E-state index < -0.39 is 18.2 Å². The molecule has 0 heterocycles. The molecule has 0 aliphatic rings. The Kier molecular flexibility index (Phi) is 3.37. The van der Waals surface area contributed by atoms with Crippen LogP contribution in [0.15, 0.2) is 0 Å². The number of carboxylic acid groups (broad SMARTS) is 1. The first-order chi connectivity index (χ1) is 4.57. The predicted octanol–water partition coefficient (Wildman–Crippen LogP) is -2.14. The van der Waals surface area contributed by atoms with Gasteiger partial charge in [0.2, 0.25) is 0 Å². The van der Waals surface area contributed by atoms with Crippen molar-refractivity contribution in [3.63, 3.8) is 0 Å². The van der Waals surface area contributed by atoms with Crippen LogP contribution in [0.5, 0.6) is 0 Å². The average molecular weight is 148 g/mol. The molecule has 1 atom stereocenters. The molecular formula is C4H8N2O4. The predicted molar refractivity (Wildman–Crippen MR) is 30.8 cm³/mol. The van der Waals surface area contributed by atoms with Gasteiger partial charge < -0.3 is 15.6 Å². The Bertz CT molecular complexity index is 146. The minimum Gasteiger partial charge on any atom is -0.473 e. The highest BCUT2D eigenvalue weighted by Gasteiger charge is 2.15. The van der Waals surface area contributed by atoms with E-state index in [4.69, 9.17) is 16.6 Å². The van der Waals surface area contributed by atoms with E-state index in [9.17, 15) is 9.59 Å². The molecule has 0 aliphatic heterocycles. The Labute approximate surface area is 56.7 Å². The van der Waals surface area contributed by atoms with Gasteiger partial charge in [0, 0.05) is 6.54 Å². The Balaban J connectivity index is 3.68. The smallest absolute Gasteiger partial charge is 0.418 e. The van der Waals surface area contributed by atoms with Gasteiger partial charge in [-0.1, -0.05) is 0 Å². The van der Waals surface area contributed by atoms with Crippen molar-refractivity contribution in [3.8, 4) is 0 Å². The number of ether oxygens (including phenoxy) is 1. The van der Waals surface area contributed by atoms with Gasteiger partial charge in [-0.2, -0.15) is 0 Å². The first kappa shape index (κ1) is 8.86. The molecule has 0 rings (SSSR count). The van der Waals surface area contributed by atoms with Crippen LogP contribution in [0, 0.1) is 0 Å². The molecule has 0 aromatic rings. The van der Waals surface area contributed by atoms with Crippen molar-refractivity contribution in [2.24, 2.45) is 11.5 Å². The van der Waals surface area contributed by atoms with E-state index in [0.29, 0.717) is 0 Å². The molecule has 58 valence electrons. The Hall–Kier alpha value is -1.14. The van der Waals surface area contributed by atoms with Gasteiger partial charge in [0.05, 0.1) is 0 Å². The second kappa shape index (κ2) is 3.80. The maximum Gasteiger partial charge on any atom is 0.418 e. The highest BCUT2D eigenvalue weighted by Crippen LogP contribution is 1.81. The summed E-state index contributed by atoms with van der Waals surface area (Å²) in [6.07, 6.45) is -1.04. The van der Waals surface area contributed by atoms with Crippen molar-refractivity contribution in [2.75, 3.05) is 6.54 Å². The maximum atomic E-state index is 10.2. The molecule has 0 aliphatic carbocycles. The van der Waals surface area contributed by atoms with Crippen LogP contribution in [0.25, 0.3) is 0 Å². The van der Waals surface area contributed by atoms with Crippen LogP contribution in [0.4, 0.5) is 0 Å². The van der Waals surface area contributed by atoms with E-state index in [-0.39, 0.29) is 6.54 Å². The number of esters is 1. The normalized spacial score (nSPS) is 12.2. The molecule has 0 bridgehead atoms. The lowest BCUT2D eigenvalue weighted by Gasteiger charge is -2.06. The summed E-state index contributed by atoms with van der Waals surface area (Å²) in [5.74, 6) is -3.07. The number of carbonyl (C=O) groups excluding carboxylic acids is 1. The zero-order chi connectivity index (χ0) is 8.15. The third-order valence-corrected chi connectivity index (χ3v) is 0.665. The zero-order valence-electron chi connectivity index (χ0n) is 5.11. The van der Waals surface area contributed by atoms with Crippen molar-refractivity contribution >= 4 is 11.9 Å². The third-order valence-electron chi connectivity index (χ3n) is 0.665. The fraction of sp³-hybridized carbons (Fsp3) is 0.500. The molecule has 10 heavy (non-hydrogen) atoms. The Morgan fingerprint density at radius 1 is 1.60 bits per heavy atom. The van der Waals surface area contributed by atoms with E-state index in [2.05, 4.69) is 4.74 Å². The first-order valence-electron chi connectivity index (χ1n) is 2.47. The van der Waals surface area contributed by atoms with Gasteiger partial charge >= 0.3 is 11.9 Å². The number of carboxylic acids is 1. The monoisotopic (exact) mass is 148 g/mol. The summed E-state index contributed by atoms with van der Waals surface area (Å²) < 4.78 is 4.08. The fourth-order valence-corrected chi connectivity index (χ4v) is 0.236. The molecule has 0 saturated carbocycles. The molecule has 0 saturated heterocycles. The molecule has 0 aromatic carbocycles. The summed E-state index contributed by atoms with van der Waals surface area (Å²) in [6, 6.07) is 0. The molecule has 1 unspecified atom stereocenters. The highest BCUT2D eigenvalue weighted by molar-refractivity contribution is 6.28. The number of nitrogens with two attached hydrogens (primary N) is 2. The molecule has 0 fully saturated rings. The second-order valence-corrected chi connectivity index (χ2v) is 1.48. The summed E-state index contributed by atoms with van der Waals surface area (Å²) in [4.78, 5) is 19.9. The topological polar surface area (TPSA) is 116 Å². The molecule has 6 nitrogen and oxygen atoms in total. The van der Waals surface area contributed by atoms with Gasteiger partial charge in [-0.3, -0.25) is 5.73 Å². The zero-order valence-corrected chi connectivity index (χ0v) is 5.11. The number of hydrogen-bond acceptors (Lipinski definition) is 5. The van der Waals surface area contributed by atoms with Crippen molar-refractivity contribution < 1.29 is 19.4 Å². The molecule has 6 heteroatoms. The van der Waals surface area contributed by atoms with Crippen LogP contribution in [-0.4, -0.2) is 29.8 Å². The van der Waals surface area contributed by atoms with Crippen molar-refractivity contribution in [3.05, 3.63) is 0 Å². The van der Waals surface area contributed by atoms with Crippen molar-refractivity contribution in [1.29, 1.82) is 0 Å². The number of hydrogen-bond donors (Lipinski definition) is 3. The fourth-order valence-electron chi connectivity index (χ4n) is 0.236. The van der Waals surface area contributed by atoms with Crippen LogP contribution in [0.3, 0.4) is 0 Å². The van der Waals surface area contributed by atoms with Gasteiger partial charge in [0.25, 0.3) is 0 Å². The summed E-state index contributed by atoms with van der Waals surface area (Å²) >= 11 is 0. The van der Waals surface area contributed by atoms with Crippen LogP contribution >= 0.6 is 0 Å². The number of carbonyl (C=O) groups is 2. The van der Waals surface area contributed by atoms with E-state index in [1.54, 1.807) is 0 Å². The second-order valence-electron chi connectivity index (χ2n) is 1.48. The highest BCUT2D eigenvalue weighted by atomic mass is 16.6. The van der Waals surface area contributed by atoms with E-state index >= 15 is 0 Å². The van der Waals surface area contributed by atoms with Crippen molar-refractivity contribution in [2.45, 2.75) is 6.23 Å². The lowest BCUT2D eigenvalue weighted by atomic mass is 10.6. The van der Waals surface area contributed by atoms with Crippen LogP contribution in [0.2, 0.25) is 0 Å². The largest absolute Gasteiger partial charge is 0.473 e. The standard InChI is InChI=1S/C4H8N2O4/c5-1-2(6)10-4(9)3(7)8/h2H,1,5-6H2,(H,7,8). The van der Waals surface area contributed by atoms with Crippen molar-refractivity contribution in [1.82, 2.24) is 0 Å². The quantitative estimate of drug-likeness (QED) is 0.234. The van der Waals surface area contributed by atoms with Gasteiger partial charge in [-0.25, -0.2) is 9.59 Å². The Morgan fingerprint density at radius 2 is 2.10 bits per heavy atom. The summed E-state index contributed by atoms with van der Waals surface area (Å²) in [6.45, 7) is -0.0982. The molecule has 0 amide bonds. The SMILES string of the molecule is NCC(N)OC(=O)C(=O)O. The molecule has 0 radical (unpaired) electrons. The lowest BCUT2D eigenvalue weighted by Crippen LogP contribution is -2.36. The molecule has 0 spiro atoms. The van der Waals surface area contributed by atoms with E-state index in [0.717, 1.165) is 0 Å². The number of rotatable bonds is 2. The van der Waals surface area contributed by atoms with Crippen LogP contribution in [-0.2, 0) is 14.3 Å². The minimum atomic E-state index is -1.68. The first-order valence-corrected chi connectivity index (χ1v) is 2.47.